The lowest BCUT2D eigenvalue weighted by Crippen LogP contribution is -2.34. The number of oxime groups is 1. The van der Waals surface area contributed by atoms with Crippen LogP contribution in [0.3, 0.4) is 0 Å². The Labute approximate surface area is 119 Å². The first kappa shape index (κ1) is 15.3. The van der Waals surface area contributed by atoms with E-state index in [1.165, 1.54) is 11.0 Å². The number of carbonyl (C=O) groups excluding carboxylic acids is 1. The number of hydrogen-bond donors (Lipinski definition) is 3. The fourth-order valence-electron chi connectivity index (χ4n) is 1.56. The highest BCUT2D eigenvalue weighted by atomic mass is 79.9. The van der Waals surface area contributed by atoms with Gasteiger partial charge in [0.05, 0.1) is 5.56 Å². The summed E-state index contributed by atoms with van der Waals surface area (Å²) in [5.41, 5.74) is 5.60. The van der Waals surface area contributed by atoms with Gasteiger partial charge in [-0.05, 0) is 25.1 Å². The molecule has 0 radical (unpaired) electrons. The van der Waals surface area contributed by atoms with Crippen molar-refractivity contribution in [3.05, 3.63) is 28.2 Å². The van der Waals surface area contributed by atoms with Gasteiger partial charge in [-0.15, -0.1) is 0 Å². The van der Waals surface area contributed by atoms with E-state index < -0.39 is 0 Å². The van der Waals surface area contributed by atoms with Gasteiger partial charge >= 0.3 is 0 Å². The second-order valence-electron chi connectivity index (χ2n) is 3.89. The van der Waals surface area contributed by atoms with Gasteiger partial charge in [-0.2, -0.15) is 0 Å². The molecule has 0 aliphatic carbocycles. The van der Waals surface area contributed by atoms with Crippen LogP contribution >= 0.6 is 15.9 Å². The maximum absolute atomic E-state index is 12.2. The predicted molar refractivity (Wildman–Crippen MR) is 75.4 cm³/mol. The first-order valence-electron chi connectivity index (χ1n) is 5.73. The molecule has 0 heterocycles. The lowest BCUT2D eigenvalue weighted by molar-refractivity contribution is 0.0765. The van der Waals surface area contributed by atoms with Crippen molar-refractivity contribution in [2.75, 3.05) is 13.1 Å². The summed E-state index contributed by atoms with van der Waals surface area (Å²) in [6.45, 7) is 2.61. The van der Waals surface area contributed by atoms with Crippen LogP contribution in [0, 0.1) is 0 Å². The van der Waals surface area contributed by atoms with Gasteiger partial charge in [0.2, 0.25) is 0 Å². The van der Waals surface area contributed by atoms with Gasteiger partial charge in [-0.3, -0.25) is 4.79 Å². The topological polar surface area (TPSA) is 99.1 Å². The van der Waals surface area contributed by atoms with Crippen LogP contribution in [0.1, 0.15) is 23.7 Å². The van der Waals surface area contributed by atoms with Crippen LogP contribution in [-0.4, -0.2) is 40.0 Å². The minimum atomic E-state index is -0.293. The molecule has 19 heavy (non-hydrogen) atoms. The van der Waals surface area contributed by atoms with E-state index in [2.05, 4.69) is 21.1 Å². The average molecular weight is 330 g/mol. The summed E-state index contributed by atoms with van der Waals surface area (Å²) < 4.78 is 0.696. The summed E-state index contributed by atoms with van der Waals surface area (Å²) in [6, 6.07) is 4.70. The normalized spacial score (nSPS) is 11.4. The quantitative estimate of drug-likeness (QED) is 0.331. The smallest absolute Gasteiger partial charge is 0.257 e. The Balaban J connectivity index is 2.83. The molecular weight excluding hydrogens is 314 g/mol. The van der Waals surface area contributed by atoms with Crippen molar-refractivity contribution in [2.24, 2.45) is 10.9 Å². The van der Waals surface area contributed by atoms with Crippen LogP contribution in [0.15, 0.2) is 27.8 Å². The van der Waals surface area contributed by atoms with Crippen molar-refractivity contribution in [3.63, 3.8) is 0 Å². The maximum atomic E-state index is 12.2. The molecule has 0 atom stereocenters. The Hall–Kier alpha value is -1.76. The van der Waals surface area contributed by atoms with Crippen molar-refractivity contribution in [2.45, 2.75) is 13.3 Å². The highest BCUT2D eigenvalue weighted by molar-refractivity contribution is 9.10. The van der Waals surface area contributed by atoms with Gasteiger partial charge in [0.1, 0.15) is 11.6 Å². The third kappa shape index (κ3) is 4.13. The van der Waals surface area contributed by atoms with Crippen LogP contribution in [0.25, 0.3) is 0 Å². The SMILES string of the molecule is CCN(CCC(N)=NO)C(=O)c1ccc(Br)cc1O. The molecule has 0 aliphatic rings. The molecule has 0 spiro atoms. The number of phenolic OH excluding ortho intramolecular Hbond substituents is 1. The zero-order chi connectivity index (χ0) is 14.4. The Morgan fingerprint density at radius 3 is 2.74 bits per heavy atom. The molecule has 7 heteroatoms. The summed E-state index contributed by atoms with van der Waals surface area (Å²) in [7, 11) is 0. The second-order valence-corrected chi connectivity index (χ2v) is 4.80. The molecule has 0 aliphatic heterocycles. The Bertz CT molecular complexity index is 491. The standard InChI is InChI=1S/C12H16BrN3O3/c1-2-16(6-5-11(14)15-19)12(18)9-4-3-8(13)7-10(9)17/h3-4,7,17,19H,2,5-6H2,1H3,(H2,14,15). The molecule has 1 aromatic rings. The highest BCUT2D eigenvalue weighted by Crippen LogP contribution is 2.23. The molecule has 0 aromatic heterocycles. The zero-order valence-electron chi connectivity index (χ0n) is 10.5. The Kier molecular flexibility index (Phi) is 5.62. The van der Waals surface area contributed by atoms with Crippen LogP contribution < -0.4 is 5.73 Å². The maximum Gasteiger partial charge on any atom is 0.257 e. The molecule has 0 saturated carbocycles. The number of amidine groups is 1. The first-order valence-corrected chi connectivity index (χ1v) is 6.53. The fraction of sp³-hybridized carbons (Fsp3) is 0.333. The molecule has 1 amide bonds. The van der Waals surface area contributed by atoms with Crippen molar-refractivity contribution in [3.8, 4) is 5.75 Å². The zero-order valence-corrected chi connectivity index (χ0v) is 12.1. The molecule has 0 bridgehead atoms. The molecule has 4 N–H and O–H groups in total. The molecule has 0 fully saturated rings. The third-order valence-corrected chi connectivity index (χ3v) is 3.12. The molecule has 0 saturated heterocycles. The van der Waals surface area contributed by atoms with Crippen LogP contribution in [0.5, 0.6) is 5.75 Å². The number of nitrogens with two attached hydrogens (primary N) is 1. The van der Waals surface area contributed by atoms with Gasteiger partial charge in [0.25, 0.3) is 5.91 Å². The van der Waals surface area contributed by atoms with E-state index in [-0.39, 0.29) is 29.5 Å². The fourth-order valence-corrected chi connectivity index (χ4v) is 1.91. The van der Waals surface area contributed by atoms with Gasteiger partial charge in [0, 0.05) is 24.0 Å². The summed E-state index contributed by atoms with van der Waals surface area (Å²) in [5.74, 6) is -0.314. The predicted octanol–water partition coefficient (Wildman–Crippen LogP) is 1.75. The van der Waals surface area contributed by atoms with Crippen molar-refractivity contribution in [1.82, 2.24) is 4.90 Å². The monoisotopic (exact) mass is 329 g/mol. The minimum absolute atomic E-state index is 0.0614. The van der Waals surface area contributed by atoms with Gasteiger partial charge in [0.15, 0.2) is 0 Å². The molecule has 0 unspecified atom stereocenters. The van der Waals surface area contributed by atoms with E-state index in [4.69, 9.17) is 10.9 Å². The number of phenols is 1. The van der Waals surface area contributed by atoms with Gasteiger partial charge in [-0.1, -0.05) is 21.1 Å². The molecule has 1 aromatic carbocycles. The van der Waals surface area contributed by atoms with E-state index in [0.717, 1.165) is 0 Å². The number of hydrogen-bond acceptors (Lipinski definition) is 4. The molecule has 104 valence electrons. The van der Waals surface area contributed by atoms with E-state index in [1.54, 1.807) is 12.1 Å². The number of halogens is 1. The van der Waals surface area contributed by atoms with Crippen molar-refractivity contribution in [1.29, 1.82) is 0 Å². The van der Waals surface area contributed by atoms with Crippen LogP contribution in [-0.2, 0) is 0 Å². The lowest BCUT2D eigenvalue weighted by atomic mass is 10.1. The van der Waals surface area contributed by atoms with Crippen LogP contribution in [0.2, 0.25) is 0 Å². The third-order valence-electron chi connectivity index (χ3n) is 2.63. The second kappa shape index (κ2) is 6.98. The minimum Gasteiger partial charge on any atom is -0.507 e. The number of aromatic hydroxyl groups is 1. The Morgan fingerprint density at radius 1 is 1.53 bits per heavy atom. The number of benzene rings is 1. The number of nitrogens with zero attached hydrogens (tertiary/aromatic N) is 2. The van der Waals surface area contributed by atoms with E-state index >= 15 is 0 Å². The average Bonchev–Trinajstić information content (AvgIpc) is 2.38. The largest absolute Gasteiger partial charge is 0.507 e. The molecular formula is C12H16BrN3O3. The number of amides is 1. The van der Waals surface area contributed by atoms with Gasteiger partial charge in [-0.25, -0.2) is 0 Å². The summed E-state index contributed by atoms with van der Waals surface area (Å²) in [6.07, 6.45) is 0.271. The van der Waals surface area contributed by atoms with E-state index in [9.17, 15) is 9.90 Å². The summed E-state index contributed by atoms with van der Waals surface area (Å²) >= 11 is 3.21. The van der Waals surface area contributed by atoms with Crippen LogP contribution in [0.4, 0.5) is 0 Å². The summed E-state index contributed by atoms with van der Waals surface area (Å²) in [5, 5.41) is 21.1. The Morgan fingerprint density at radius 2 is 2.21 bits per heavy atom. The van der Waals surface area contributed by atoms with Crippen molar-refractivity contribution < 1.29 is 15.1 Å². The number of carbonyl (C=O) groups is 1. The first-order chi connectivity index (χ1) is 8.99. The lowest BCUT2D eigenvalue weighted by Gasteiger charge is -2.21. The van der Waals surface area contributed by atoms with Gasteiger partial charge < -0.3 is 20.9 Å². The molecule has 6 nitrogen and oxygen atoms in total. The van der Waals surface area contributed by atoms with Crippen molar-refractivity contribution >= 4 is 27.7 Å². The number of rotatable bonds is 5. The summed E-state index contributed by atoms with van der Waals surface area (Å²) in [4.78, 5) is 13.7. The highest BCUT2D eigenvalue weighted by Gasteiger charge is 2.17. The van der Waals surface area contributed by atoms with E-state index in [1.807, 2.05) is 6.92 Å². The molecule has 1 rings (SSSR count). The van der Waals surface area contributed by atoms with E-state index in [0.29, 0.717) is 17.6 Å².